The van der Waals surface area contributed by atoms with Gasteiger partial charge in [-0.1, -0.05) is 158 Å². The Morgan fingerprint density at radius 3 is 1.56 bits per heavy atom. The Hall–Kier alpha value is -5.92. The maximum Gasteiger partial charge on any atom is 0.136 e. The molecule has 0 radical (unpaired) electrons. The zero-order chi connectivity index (χ0) is 39.3. The lowest BCUT2D eigenvalue weighted by Crippen LogP contribution is -1.91. The van der Waals surface area contributed by atoms with Crippen LogP contribution in [0, 0.1) is 0 Å². The summed E-state index contributed by atoms with van der Waals surface area (Å²) in [6.07, 6.45) is 0. The summed E-state index contributed by atoms with van der Waals surface area (Å²) in [5.74, 6) is 0. The first-order valence-electron chi connectivity index (χ1n) is 20.0. The highest BCUT2D eigenvalue weighted by atomic mass is 16.3. The second kappa shape index (κ2) is 10.4. The minimum absolute atomic E-state index is 0.00775. The third-order valence-electron chi connectivity index (χ3n) is 8.34. The van der Waals surface area contributed by atoms with Crippen LogP contribution in [0.4, 0.5) is 0 Å². The molecule has 0 N–H and O–H groups in total. The standard InChI is InChI=1S/C44H28O/c1-3-13-30(14-4-1)41-34-17-7-9-19-36(34)42(37-20-10-8-18-35(37)41)32-25-23-29(24-26-32)33-27-28-40-44(38-21-11-12-22-39(38)45-40)43(33)31-15-5-2-6-16-31/h1-28H/i1D,3D,4D,11D,12D,13D,14D,21D,22D,27D,28D. The Morgan fingerprint density at radius 1 is 0.356 bits per heavy atom. The summed E-state index contributed by atoms with van der Waals surface area (Å²) in [7, 11) is 0. The summed E-state index contributed by atoms with van der Waals surface area (Å²) in [6.45, 7) is 0. The lowest BCUT2D eigenvalue weighted by atomic mass is 9.85. The Balaban J connectivity index is 1.33. The van der Waals surface area contributed by atoms with Crippen molar-refractivity contribution >= 4 is 43.5 Å². The van der Waals surface area contributed by atoms with Crippen molar-refractivity contribution in [3.8, 4) is 44.5 Å². The van der Waals surface area contributed by atoms with E-state index in [0.29, 0.717) is 44.0 Å². The van der Waals surface area contributed by atoms with Crippen LogP contribution >= 0.6 is 0 Å². The van der Waals surface area contributed by atoms with Crippen LogP contribution in [0.2, 0.25) is 0 Å². The topological polar surface area (TPSA) is 13.1 Å². The van der Waals surface area contributed by atoms with Crippen LogP contribution in [0.1, 0.15) is 15.1 Å². The van der Waals surface area contributed by atoms with E-state index in [1.54, 1.807) is 0 Å². The summed E-state index contributed by atoms with van der Waals surface area (Å²) in [5, 5.41) is 3.52. The molecule has 8 aromatic carbocycles. The van der Waals surface area contributed by atoms with Gasteiger partial charge in [0.1, 0.15) is 11.2 Å². The molecular weight excluding hydrogens is 544 g/mol. The molecule has 9 rings (SSSR count). The SMILES string of the molecule is [2H]c1c([2H])c([2H])c(-c2c3ccccc3c(-c3ccc(-c4c([2H])c([2H])c5oc6c([2H])c([2H])c([2H])c([2H])c6c5c4-c4ccccc4)cc3)c3ccccc23)c([2H])c1[2H]. The van der Waals surface area contributed by atoms with Crippen molar-refractivity contribution in [3.05, 3.63) is 170 Å². The predicted molar refractivity (Wildman–Crippen MR) is 190 cm³/mol. The molecule has 0 spiro atoms. The lowest BCUT2D eigenvalue weighted by molar-refractivity contribution is 0.669. The Morgan fingerprint density at radius 2 is 0.889 bits per heavy atom. The molecule has 1 aromatic heterocycles. The summed E-state index contributed by atoms with van der Waals surface area (Å²) >= 11 is 0. The Labute approximate surface area is 277 Å². The molecule has 45 heavy (non-hydrogen) atoms. The van der Waals surface area contributed by atoms with Crippen LogP contribution in [0.15, 0.2) is 174 Å². The van der Waals surface area contributed by atoms with Crippen molar-refractivity contribution in [2.45, 2.75) is 0 Å². The smallest absolute Gasteiger partial charge is 0.136 e. The Kier molecular flexibility index (Phi) is 3.87. The van der Waals surface area contributed by atoms with Crippen LogP contribution in [0.5, 0.6) is 0 Å². The van der Waals surface area contributed by atoms with Crippen molar-refractivity contribution in [3.63, 3.8) is 0 Å². The van der Waals surface area contributed by atoms with Gasteiger partial charge in [0.15, 0.2) is 0 Å². The maximum atomic E-state index is 9.30. The minimum Gasteiger partial charge on any atom is -0.456 e. The van der Waals surface area contributed by atoms with E-state index in [9.17, 15) is 1.37 Å². The van der Waals surface area contributed by atoms with Gasteiger partial charge in [0.05, 0.1) is 15.1 Å². The van der Waals surface area contributed by atoms with E-state index in [-0.39, 0.29) is 58.4 Å². The van der Waals surface area contributed by atoms with Gasteiger partial charge in [0.25, 0.3) is 0 Å². The van der Waals surface area contributed by atoms with Crippen molar-refractivity contribution in [1.82, 2.24) is 0 Å². The fraction of sp³-hybridized carbons (Fsp3) is 0. The van der Waals surface area contributed by atoms with Gasteiger partial charge >= 0.3 is 0 Å². The number of hydrogen-bond acceptors (Lipinski definition) is 1. The molecule has 0 bridgehead atoms. The second-order valence-electron chi connectivity index (χ2n) is 10.8. The van der Waals surface area contributed by atoms with Crippen molar-refractivity contribution in [2.24, 2.45) is 0 Å². The number of hydrogen-bond donors (Lipinski definition) is 0. The molecule has 0 unspecified atom stereocenters. The number of para-hydroxylation sites is 1. The highest BCUT2D eigenvalue weighted by Gasteiger charge is 2.19. The summed E-state index contributed by atoms with van der Waals surface area (Å²) in [5.41, 5.74) is 4.48. The summed E-state index contributed by atoms with van der Waals surface area (Å²) in [6, 6.07) is 28.3. The maximum absolute atomic E-state index is 9.30. The molecule has 0 saturated carbocycles. The van der Waals surface area contributed by atoms with Crippen molar-refractivity contribution in [2.75, 3.05) is 0 Å². The lowest BCUT2D eigenvalue weighted by Gasteiger charge is -2.18. The Bertz CT molecular complexity index is 3050. The van der Waals surface area contributed by atoms with Gasteiger partial charge in [-0.2, -0.15) is 0 Å². The van der Waals surface area contributed by atoms with Gasteiger partial charge in [-0.15, -0.1) is 0 Å². The van der Waals surface area contributed by atoms with Crippen LogP contribution < -0.4 is 0 Å². The summed E-state index contributed by atoms with van der Waals surface area (Å²) in [4.78, 5) is 0. The third-order valence-corrected chi connectivity index (χ3v) is 8.34. The molecule has 1 nitrogen and oxygen atoms in total. The first kappa shape index (κ1) is 16.8. The fourth-order valence-corrected chi connectivity index (χ4v) is 6.45. The second-order valence-corrected chi connectivity index (χ2v) is 10.8. The molecule has 1 heteroatoms. The van der Waals surface area contributed by atoms with Crippen LogP contribution in [-0.2, 0) is 0 Å². The predicted octanol–water partition coefficient (Wildman–Crippen LogP) is 12.6. The molecular formula is C44H28O. The number of benzene rings is 8. The van der Waals surface area contributed by atoms with E-state index in [0.717, 1.165) is 21.9 Å². The highest BCUT2D eigenvalue weighted by molar-refractivity contribution is 6.21. The van der Waals surface area contributed by atoms with E-state index in [1.165, 1.54) is 0 Å². The largest absolute Gasteiger partial charge is 0.456 e. The molecule has 0 saturated heterocycles. The molecule has 0 amide bonds. The van der Waals surface area contributed by atoms with Crippen molar-refractivity contribution in [1.29, 1.82) is 0 Å². The number of rotatable bonds is 4. The van der Waals surface area contributed by atoms with Crippen LogP contribution in [-0.4, -0.2) is 0 Å². The van der Waals surface area contributed by atoms with E-state index in [4.69, 9.17) is 18.1 Å². The fourth-order valence-electron chi connectivity index (χ4n) is 6.45. The molecule has 9 aromatic rings. The molecule has 0 fully saturated rings. The summed E-state index contributed by atoms with van der Waals surface area (Å²) < 4.78 is 101. The van der Waals surface area contributed by atoms with E-state index >= 15 is 0 Å². The molecule has 1 heterocycles. The quantitative estimate of drug-likeness (QED) is 0.188. The number of fused-ring (bicyclic) bond motifs is 5. The first-order valence-corrected chi connectivity index (χ1v) is 14.5. The van der Waals surface area contributed by atoms with Gasteiger partial charge in [-0.3, -0.25) is 0 Å². The molecule has 0 aliphatic carbocycles. The van der Waals surface area contributed by atoms with Crippen LogP contribution in [0.3, 0.4) is 0 Å². The van der Waals surface area contributed by atoms with Gasteiger partial charge in [-0.05, 0) is 72.6 Å². The van der Waals surface area contributed by atoms with Gasteiger partial charge in [0, 0.05) is 16.3 Å². The van der Waals surface area contributed by atoms with Crippen LogP contribution in [0.25, 0.3) is 88.0 Å². The highest BCUT2D eigenvalue weighted by Crippen LogP contribution is 2.45. The monoisotopic (exact) mass is 583 g/mol. The van der Waals surface area contributed by atoms with E-state index in [2.05, 4.69) is 0 Å². The van der Waals surface area contributed by atoms with Gasteiger partial charge in [-0.25, -0.2) is 0 Å². The third kappa shape index (κ3) is 4.09. The first-order chi connectivity index (χ1) is 26.9. The zero-order valence-corrected chi connectivity index (χ0v) is 23.7. The minimum atomic E-state index is -0.456. The van der Waals surface area contributed by atoms with E-state index < -0.39 is 30.2 Å². The van der Waals surface area contributed by atoms with Gasteiger partial charge in [0.2, 0.25) is 0 Å². The van der Waals surface area contributed by atoms with Crippen molar-refractivity contribution < 1.29 is 19.5 Å². The zero-order valence-electron chi connectivity index (χ0n) is 34.7. The van der Waals surface area contributed by atoms with E-state index in [1.807, 2.05) is 103 Å². The molecule has 0 aliphatic rings. The number of furan rings is 1. The average Bonchev–Trinajstić information content (AvgIpc) is 3.63. The molecule has 0 atom stereocenters. The molecule has 0 aliphatic heterocycles. The molecule has 210 valence electrons. The van der Waals surface area contributed by atoms with Gasteiger partial charge < -0.3 is 4.42 Å². The normalized spacial score (nSPS) is 15.0. The average molecular weight is 584 g/mol.